The van der Waals surface area contributed by atoms with E-state index in [2.05, 4.69) is 10.2 Å². The van der Waals surface area contributed by atoms with Gasteiger partial charge in [-0.3, -0.25) is 4.57 Å². The van der Waals surface area contributed by atoms with Crippen LogP contribution in [0, 0.1) is 0 Å². The highest BCUT2D eigenvalue weighted by atomic mass is 32.2. The van der Waals surface area contributed by atoms with E-state index >= 15 is 0 Å². The number of thioether (sulfide) groups is 1. The van der Waals surface area contributed by atoms with Crippen LogP contribution in [0.5, 0.6) is 0 Å². The van der Waals surface area contributed by atoms with Crippen LogP contribution in [0.4, 0.5) is 0 Å². The van der Waals surface area contributed by atoms with Gasteiger partial charge in [-0.1, -0.05) is 11.8 Å². The molecule has 16 heavy (non-hydrogen) atoms. The zero-order valence-electron chi connectivity index (χ0n) is 8.93. The Morgan fingerprint density at radius 3 is 2.81 bits per heavy atom. The lowest BCUT2D eigenvalue weighted by Crippen LogP contribution is -2.37. The first-order chi connectivity index (χ1) is 7.38. The summed E-state index contributed by atoms with van der Waals surface area (Å²) in [5.41, 5.74) is -2.18. The Morgan fingerprint density at radius 1 is 1.69 bits per heavy atom. The van der Waals surface area contributed by atoms with Crippen LogP contribution in [0.1, 0.15) is 13.8 Å². The van der Waals surface area contributed by atoms with Crippen molar-refractivity contribution < 1.29 is 15.0 Å². The van der Waals surface area contributed by atoms with E-state index in [-0.39, 0.29) is 11.4 Å². The molecule has 0 radical (unpaired) electrons. The Kier molecular flexibility index (Phi) is 3.76. The first-order valence-electron chi connectivity index (χ1n) is 4.62. The summed E-state index contributed by atoms with van der Waals surface area (Å²) in [6.45, 7) is 3.41. The number of nitrogens with zero attached hydrogens (tertiary/aromatic N) is 2. The lowest BCUT2D eigenvalue weighted by Gasteiger charge is -2.16. The third kappa shape index (κ3) is 2.64. The summed E-state index contributed by atoms with van der Waals surface area (Å²) in [7, 11) is 0. The van der Waals surface area contributed by atoms with E-state index in [0.717, 1.165) is 11.8 Å². The van der Waals surface area contributed by atoms with Gasteiger partial charge in [0.2, 0.25) is 0 Å². The van der Waals surface area contributed by atoms with Crippen molar-refractivity contribution in [2.45, 2.75) is 31.1 Å². The van der Waals surface area contributed by atoms with Crippen LogP contribution in [-0.2, 0) is 11.3 Å². The fourth-order valence-corrected chi connectivity index (χ4v) is 1.97. The normalized spacial score (nSPS) is 14.7. The fraction of sp³-hybridized carbons (Fsp3) is 0.625. The average molecular weight is 247 g/mol. The largest absolute Gasteiger partial charge is 0.479 e. The lowest BCUT2D eigenvalue weighted by atomic mass is 10.1. The van der Waals surface area contributed by atoms with Crippen LogP contribution in [0.3, 0.4) is 0 Å². The number of carboxylic acid groups (broad SMARTS) is 1. The maximum Gasteiger partial charge on any atom is 0.343 e. The van der Waals surface area contributed by atoms with Crippen molar-refractivity contribution in [3.8, 4) is 0 Å². The third-order valence-corrected chi connectivity index (χ3v) is 3.26. The second-order valence-electron chi connectivity index (χ2n) is 3.42. The highest BCUT2D eigenvalue weighted by Crippen LogP contribution is 2.19. The molecule has 1 heterocycles. The molecule has 3 N–H and O–H groups in total. The summed E-state index contributed by atoms with van der Waals surface area (Å²) in [5.74, 6) is -1.38. The van der Waals surface area contributed by atoms with Crippen molar-refractivity contribution in [2.24, 2.45) is 0 Å². The number of aliphatic carboxylic acids is 1. The molecular weight excluding hydrogens is 234 g/mol. The molecule has 0 aliphatic carbocycles. The van der Waals surface area contributed by atoms with E-state index in [1.165, 1.54) is 11.5 Å². The number of carboxylic acids is 1. The Bertz CT molecular complexity index is 437. The standard InChI is InChI=1S/C8H13N3O4S/c1-3-11-6(14)9-10-7(11)16-4-8(2,15)5(12)13/h15H,3-4H2,1-2H3,(H,9,14)(H,12,13). The van der Waals surface area contributed by atoms with Crippen molar-refractivity contribution in [2.75, 3.05) is 5.75 Å². The van der Waals surface area contributed by atoms with Gasteiger partial charge < -0.3 is 10.2 Å². The molecular formula is C8H13N3O4S. The first kappa shape index (κ1) is 12.8. The molecule has 7 nitrogen and oxygen atoms in total. The Balaban J connectivity index is 2.75. The Hall–Kier alpha value is -1.28. The van der Waals surface area contributed by atoms with Crippen molar-refractivity contribution in [1.29, 1.82) is 0 Å². The Morgan fingerprint density at radius 2 is 2.31 bits per heavy atom. The third-order valence-electron chi connectivity index (χ3n) is 1.98. The quantitative estimate of drug-likeness (QED) is 0.606. The van der Waals surface area contributed by atoms with Crippen molar-refractivity contribution >= 4 is 17.7 Å². The number of rotatable bonds is 5. The van der Waals surface area contributed by atoms with Gasteiger partial charge in [-0.05, 0) is 13.8 Å². The number of aromatic amines is 1. The van der Waals surface area contributed by atoms with Crippen molar-refractivity contribution in [3.05, 3.63) is 10.5 Å². The van der Waals surface area contributed by atoms with Gasteiger partial charge in [-0.25, -0.2) is 14.7 Å². The van der Waals surface area contributed by atoms with Gasteiger partial charge in [0.1, 0.15) is 0 Å². The maximum absolute atomic E-state index is 11.2. The number of nitrogens with one attached hydrogen (secondary N) is 1. The lowest BCUT2D eigenvalue weighted by molar-refractivity contribution is -0.154. The second kappa shape index (κ2) is 4.71. The van der Waals surface area contributed by atoms with E-state index in [1.807, 2.05) is 0 Å². The zero-order chi connectivity index (χ0) is 12.3. The molecule has 0 aromatic carbocycles. The number of hydrogen-bond acceptors (Lipinski definition) is 5. The van der Waals surface area contributed by atoms with Gasteiger partial charge in [-0.15, -0.1) is 5.10 Å². The predicted molar refractivity (Wildman–Crippen MR) is 57.5 cm³/mol. The number of aliphatic hydroxyl groups is 1. The zero-order valence-corrected chi connectivity index (χ0v) is 9.74. The van der Waals surface area contributed by atoms with Crippen molar-refractivity contribution in [1.82, 2.24) is 14.8 Å². The molecule has 1 rings (SSSR count). The molecule has 0 spiro atoms. The average Bonchev–Trinajstić information content (AvgIpc) is 2.56. The molecule has 1 aromatic rings. The van der Waals surface area contributed by atoms with Crippen LogP contribution in [0.15, 0.2) is 9.95 Å². The molecule has 0 saturated heterocycles. The van der Waals surface area contributed by atoms with Crippen LogP contribution in [-0.4, -0.2) is 42.3 Å². The first-order valence-corrected chi connectivity index (χ1v) is 5.61. The minimum Gasteiger partial charge on any atom is -0.479 e. The van der Waals surface area contributed by atoms with E-state index in [1.54, 1.807) is 6.92 Å². The van der Waals surface area contributed by atoms with Crippen LogP contribution in [0.2, 0.25) is 0 Å². The van der Waals surface area contributed by atoms with Gasteiger partial charge in [0.05, 0.1) is 0 Å². The van der Waals surface area contributed by atoms with E-state index < -0.39 is 11.6 Å². The predicted octanol–water partition coefficient (Wildman–Crippen LogP) is -0.481. The minimum atomic E-state index is -1.84. The SMILES string of the molecule is CCn1c(SCC(C)(O)C(=O)O)n[nH]c1=O. The van der Waals surface area contributed by atoms with E-state index in [0.29, 0.717) is 11.7 Å². The monoisotopic (exact) mass is 247 g/mol. The number of H-pyrrole nitrogens is 1. The summed E-state index contributed by atoms with van der Waals surface area (Å²) in [6.07, 6.45) is 0. The van der Waals surface area contributed by atoms with E-state index in [4.69, 9.17) is 5.11 Å². The summed E-state index contributed by atoms with van der Waals surface area (Å²) >= 11 is 1.02. The molecule has 90 valence electrons. The molecule has 1 atom stereocenters. The number of hydrogen-bond donors (Lipinski definition) is 3. The number of aromatic nitrogens is 3. The van der Waals surface area contributed by atoms with E-state index in [9.17, 15) is 14.7 Å². The summed E-state index contributed by atoms with van der Waals surface area (Å²) < 4.78 is 1.36. The molecule has 0 aliphatic rings. The fourth-order valence-electron chi connectivity index (χ4n) is 0.959. The Labute approximate surface area is 95.5 Å². The molecule has 1 unspecified atom stereocenters. The van der Waals surface area contributed by atoms with Gasteiger partial charge in [0.15, 0.2) is 10.8 Å². The number of carbonyl (C=O) groups is 1. The topological polar surface area (TPSA) is 108 Å². The van der Waals surface area contributed by atoms with Gasteiger partial charge in [0.25, 0.3) is 0 Å². The molecule has 0 amide bonds. The highest BCUT2D eigenvalue weighted by Gasteiger charge is 2.30. The molecule has 0 bridgehead atoms. The highest BCUT2D eigenvalue weighted by molar-refractivity contribution is 7.99. The van der Waals surface area contributed by atoms with Gasteiger partial charge >= 0.3 is 11.7 Å². The van der Waals surface area contributed by atoms with Crippen LogP contribution in [0.25, 0.3) is 0 Å². The summed E-state index contributed by atoms with van der Waals surface area (Å²) in [5, 5.41) is 24.5. The minimum absolute atomic E-state index is 0.0768. The van der Waals surface area contributed by atoms with Crippen LogP contribution >= 0.6 is 11.8 Å². The maximum atomic E-state index is 11.2. The molecule has 0 aliphatic heterocycles. The second-order valence-corrected chi connectivity index (χ2v) is 4.37. The van der Waals surface area contributed by atoms with Crippen molar-refractivity contribution in [3.63, 3.8) is 0 Å². The smallest absolute Gasteiger partial charge is 0.343 e. The molecule has 0 fully saturated rings. The molecule has 1 aromatic heterocycles. The van der Waals surface area contributed by atoms with Crippen LogP contribution < -0.4 is 5.69 Å². The van der Waals surface area contributed by atoms with Gasteiger partial charge in [-0.2, -0.15) is 0 Å². The summed E-state index contributed by atoms with van der Waals surface area (Å²) in [6, 6.07) is 0. The molecule has 8 heteroatoms. The van der Waals surface area contributed by atoms with Gasteiger partial charge in [0, 0.05) is 12.3 Å². The summed E-state index contributed by atoms with van der Waals surface area (Å²) in [4.78, 5) is 21.8. The molecule has 0 saturated carbocycles.